The van der Waals surface area contributed by atoms with E-state index in [1.807, 2.05) is 0 Å². The molecule has 1 heterocycles. The molecule has 0 fully saturated rings. The molecule has 0 amide bonds. The monoisotopic (exact) mass is 213 g/mol. The minimum absolute atomic E-state index is 0.0505. The molecule has 0 saturated carbocycles. The molecule has 0 unspecified atom stereocenters. The van der Waals surface area contributed by atoms with Gasteiger partial charge in [-0.15, -0.1) is 0 Å². The average molecular weight is 213 g/mol. The van der Waals surface area contributed by atoms with Crippen LogP contribution in [0, 0.1) is 10.1 Å². The first-order valence-electron chi connectivity index (χ1n) is 3.62. The Morgan fingerprint density at radius 2 is 2.43 bits per heavy atom. The Bertz CT molecular complexity index is 382. The Morgan fingerprint density at radius 3 is 2.93 bits per heavy atom. The van der Waals surface area contributed by atoms with Crippen molar-refractivity contribution in [3.8, 4) is 0 Å². The molecular formula is C8H7NO4S. The second-order valence-corrected chi connectivity index (χ2v) is 3.22. The van der Waals surface area contributed by atoms with Crippen molar-refractivity contribution >= 4 is 28.4 Å². The maximum Gasteiger partial charge on any atom is 0.330 e. The zero-order valence-corrected chi connectivity index (χ0v) is 8.11. The highest BCUT2D eigenvalue weighted by molar-refractivity contribution is 7.13. The molecule has 0 atom stereocenters. The van der Waals surface area contributed by atoms with E-state index in [1.165, 1.54) is 25.3 Å². The Morgan fingerprint density at radius 1 is 1.71 bits per heavy atom. The van der Waals surface area contributed by atoms with Crippen molar-refractivity contribution in [1.29, 1.82) is 0 Å². The minimum atomic E-state index is -0.487. The number of methoxy groups -OCH3 is 1. The summed E-state index contributed by atoms with van der Waals surface area (Å²) in [5.41, 5.74) is 0.618. The van der Waals surface area contributed by atoms with Crippen LogP contribution in [0.4, 0.5) is 5.00 Å². The molecule has 0 saturated heterocycles. The fourth-order valence-electron chi connectivity index (χ4n) is 0.754. The first-order valence-corrected chi connectivity index (χ1v) is 4.50. The predicted octanol–water partition coefficient (Wildman–Crippen LogP) is 1.84. The summed E-state index contributed by atoms with van der Waals surface area (Å²) in [4.78, 5) is 20.5. The van der Waals surface area contributed by atoms with Crippen LogP contribution in [-0.4, -0.2) is 18.0 Å². The average Bonchev–Trinajstić information content (AvgIpc) is 2.62. The molecule has 6 heteroatoms. The number of hydrogen-bond donors (Lipinski definition) is 0. The van der Waals surface area contributed by atoms with Crippen LogP contribution < -0.4 is 0 Å². The SMILES string of the molecule is COC(=O)/C=C/c1csc([N+](=O)[O-])c1. The maximum atomic E-state index is 10.7. The number of nitro groups is 1. The topological polar surface area (TPSA) is 69.4 Å². The molecule has 0 N–H and O–H groups in total. The van der Waals surface area contributed by atoms with Gasteiger partial charge in [-0.2, -0.15) is 0 Å². The maximum absolute atomic E-state index is 10.7. The first-order chi connectivity index (χ1) is 6.63. The number of thiophene rings is 1. The van der Waals surface area contributed by atoms with E-state index in [4.69, 9.17) is 0 Å². The normalized spacial score (nSPS) is 10.4. The van der Waals surface area contributed by atoms with Crippen molar-refractivity contribution in [2.75, 3.05) is 7.11 Å². The summed E-state index contributed by atoms with van der Waals surface area (Å²) in [6.07, 6.45) is 2.68. The minimum Gasteiger partial charge on any atom is -0.466 e. The zero-order valence-electron chi connectivity index (χ0n) is 7.30. The molecule has 0 aliphatic rings. The van der Waals surface area contributed by atoms with Crippen molar-refractivity contribution < 1.29 is 14.5 Å². The van der Waals surface area contributed by atoms with Crippen LogP contribution in [0.5, 0.6) is 0 Å². The van der Waals surface area contributed by atoms with Gasteiger partial charge in [-0.3, -0.25) is 10.1 Å². The Hall–Kier alpha value is -1.69. The van der Waals surface area contributed by atoms with Gasteiger partial charge < -0.3 is 4.74 Å². The molecule has 5 nitrogen and oxygen atoms in total. The van der Waals surface area contributed by atoms with Gasteiger partial charge in [-0.05, 0) is 11.6 Å². The lowest BCUT2D eigenvalue weighted by atomic mass is 10.3. The third-order valence-corrected chi connectivity index (χ3v) is 2.30. The number of nitrogens with zero attached hydrogens (tertiary/aromatic N) is 1. The second kappa shape index (κ2) is 4.52. The largest absolute Gasteiger partial charge is 0.466 e. The molecule has 0 aliphatic carbocycles. The molecule has 1 aromatic heterocycles. The number of ether oxygens (including phenoxy) is 1. The van der Waals surface area contributed by atoms with Crippen LogP contribution in [0.25, 0.3) is 6.08 Å². The summed E-state index contributed by atoms with van der Waals surface area (Å²) in [7, 11) is 1.27. The van der Waals surface area contributed by atoms with E-state index < -0.39 is 10.9 Å². The van der Waals surface area contributed by atoms with Gasteiger partial charge in [0, 0.05) is 17.5 Å². The molecule has 74 valence electrons. The Labute approximate surface area is 83.8 Å². The molecule has 0 spiro atoms. The number of esters is 1. The smallest absolute Gasteiger partial charge is 0.330 e. The van der Waals surface area contributed by atoms with Crippen molar-refractivity contribution in [3.05, 3.63) is 33.2 Å². The van der Waals surface area contributed by atoms with E-state index >= 15 is 0 Å². The van der Waals surface area contributed by atoms with Crippen LogP contribution in [0.1, 0.15) is 5.56 Å². The van der Waals surface area contributed by atoms with Gasteiger partial charge in [-0.25, -0.2) is 4.79 Å². The van der Waals surface area contributed by atoms with E-state index in [9.17, 15) is 14.9 Å². The molecule has 0 bridgehead atoms. The highest BCUT2D eigenvalue weighted by atomic mass is 32.1. The van der Waals surface area contributed by atoms with Crippen LogP contribution in [0.15, 0.2) is 17.5 Å². The lowest BCUT2D eigenvalue weighted by molar-refractivity contribution is -0.380. The number of carbonyl (C=O) groups excluding carboxylic acids is 1. The van der Waals surface area contributed by atoms with Crippen LogP contribution in [0.3, 0.4) is 0 Å². The zero-order chi connectivity index (χ0) is 10.6. The van der Waals surface area contributed by atoms with Gasteiger partial charge in [0.25, 0.3) is 0 Å². The third-order valence-electron chi connectivity index (χ3n) is 1.40. The van der Waals surface area contributed by atoms with Crippen LogP contribution in [0.2, 0.25) is 0 Å². The van der Waals surface area contributed by atoms with E-state index in [0.717, 1.165) is 11.3 Å². The fourth-order valence-corrected chi connectivity index (χ4v) is 1.45. The molecule has 0 radical (unpaired) electrons. The predicted molar refractivity (Wildman–Crippen MR) is 52.0 cm³/mol. The second-order valence-electron chi connectivity index (χ2n) is 2.33. The molecule has 1 aromatic rings. The van der Waals surface area contributed by atoms with E-state index in [2.05, 4.69) is 4.74 Å². The molecule has 1 rings (SSSR count). The van der Waals surface area contributed by atoms with Crippen molar-refractivity contribution in [2.24, 2.45) is 0 Å². The van der Waals surface area contributed by atoms with Gasteiger partial charge in [0.2, 0.25) is 0 Å². The van der Waals surface area contributed by atoms with E-state index in [1.54, 1.807) is 5.38 Å². The summed E-state index contributed by atoms with van der Waals surface area (Å²) < 4.78 is 4.37. The van der Waals surface area contributed by atoms with Gasteiger partial charge >= 0.3 is 11.0 Å². The summed E-state index contributed by atoms with van der Waals surface area (Å²) >= 11 is 1.01. The summed E-state index contributed by atoms with van der Waals surface area (Å²) in [5, 5.41) is 12.0. The highest BCUT2D eigenvalue weighted by Crippen LogP contribution is 2.23. The van der Waals surface area contributed by atoms with Gasteiger partial charge in [-0.1, -0.05) is 11.3 Å². The van der Waals surface area contributed by atoms with E-state index in [0.29, 0.717) is 5.56 Å². The standard InChI is InChI=1S/C8H7NO4S/c1-13-8(10)3-2-6-4-7(9(11)12)14-5-6/h2-5H,1H3/b3-2+. The molecular weight excluding hydrogens is 206 g/mol. The molecule has 14 heavy (non-hydrogen) atoms. The van der Waals surface area contributed by atoms with Gasteiger partial charge in [0.15, 0.2) is 0 Å². The summed E-state index contributed by atoms with van der Waals surface area (Å²) in [6, 6.07) is 1.39. The Kier molecular flexibility index (Phi) is 3.35. The number of rotatable bonds is 3. The third kappa shape index (κ3) is 2.67. The molecule has 0 aliphatic heterocycles. The van der Waals surface area contributed by atoms with Crippen LogP contribution in [-0.2, 0) is 9.53 Å². The van der Waals surface area contributed by atoms with Crippen molar-refractivity contribution in [2.45, 2.75) is 0 Å². The lowest BCUT2D eigenvalue weighted by Gasteiger charge is -1.87. The summed E-state index contributed by atoms with van der Waals surface area (Å²) in [5.74, 6) is -0.487. The first kappa shape index (κ1) is 10.4. The summed E-state index contributed by atoms with van der Waals surface area (Å²) in [6.45, 7) is 0. The fraction of sp³-hybridized carbons (Fsp3) is 0.125. The Balaban J connectivity index is 2.73. The van der Waals surface area contributed by atoms with Crippen LogP contribution >= 0.6 is 11.3 Å². The van der Waals surface area contributed by atoms with Gasteiger partial charge in [0.05, 0.1) is 12.0 Å². The lowest BCUT2D eigenvalue weighted by Crippen LogP contribution is -1.92. The number of carbonyl (C=O) groups is 1. The van der Waals surface area contributed by atoms with E-state index in [-0.39, 0.29) is 5.00 Å². The number of hydrogen-bond acceptors (Lipinski definition) is 5. The quantitative estimate of drug-likeness (QED) is 0.332. The van der Waals surface area contributed by atoms with Gasteiger partial charge in [0.1, 0.15) is 0 Å². The van der Waals surface area contributed by atoms with Crippen molar-refractivity contribution in [1.82, 2.24) is 0 Å². The highest BCUT2D eigenvalue weighted by Gasteiger charge is 2.07. The molecule has 0 aromatic carbocycles. The van der Waals surface area contributed by atoms with Crippen molar-refractivity contribution in [3.63, 3.8) is 0 Å².